The highest BCUT2D eigenvalue weighted by atomic mass is 16.5. The zero-order valence-corrected chi connectivity index (χ0v) is 20.5. The number of carboxylic acid groups (broad SMARTS) is 1. The molecule has 8 heteroatoms. The van der Waals surface area contributed by atoms with Gasteiger partial charge in [-0.15, -0.1) is 0 Å². The minimum Gasteiger partial charge on any atom is -0.490 e. The largest absolute Gasteiger partial charge is 0.490 e. The molecule has 34 heavy (non-hydrogen) atoms. The molecule has 0 radical (unpaired) electrons. The van der Waals surface area contributed by atoms with Crippen LogP contribution in [0.1, 0.15) is 58.8 Å². The number of ether oxygens (including phenoxy) is 2. The Bertz CT molecular complexity index is 1090. The number of amides is 1. The van der Waals surface area contributed by atoms with Gasteiger partial charge in [0, 0.05) is 37.0 Å². The Morgan fingerprint density at radius 3 is 2.38 bits per heavy atom. The Hall–Kier alpha value is -3.55. The Labute approximate surface area is 199 Å². The van der Waals surface area contributed by atoms with Crippen molar-refractivity contribution in [2.45, 2.75) is 47.5 Å². The molecule has 0 bridgehead atoms. The Balaban J connectivity index is 2.43. The van der Waals surface area contributed by atoms with Crippen molar-refractivity contribution >= 4 is 40.0 Å². The smallest absolute Gasteiger partial charge is 0.328 e. The average molecular weight is 472 g/mol. The number of carbonyl (C=O) groups is 3. The molecule has 0 aliphatic heterocycles. The van der Waals surface area contributed by atoms with Gasteiger partial charge in [0.1, 0.15) is 5.76 Å². The molecule has 0 aliphatic carbocycles. The number of fused-ring (bicyclic) bond motifs is 1. The number of esters is 1. The van der Waals surface area contributed by atoms with Crippen LogP contribution >= 0.6 is 0 Å². The van der Waals surface area contributed by atoms with Crippen LogP contribution in [0.3, 0.4) is 0 Å². The molecule has 2 aromatic rings. The zero-order chi connectivity index (χ0) is 25.3. The number of allylic oxidation sites excluding steroid dienone is 2. The summed E-state index contributed by atoms with van der Waals surface area (Å²) in [6.07, 6.45) is 3.39. The summed E-state index contributed by atoms with van der Waals surface area (Å²) in [6.45, 7) is 11.0. The summed E-state index contributed by atoms with van der Waals surface area (Å²) in [5.74, 6) is -0.570. The molecule has 1 amide bonds. The second kappa shape index (κ2) is 12.6. The molecule has 1 aromatic heterocycles. The molecule has 1 aromatic carbocycles. The van der Waals surface area contributed by atoms with Gasteiger partial charge in [0.05, 0.1) is 13.2 Å². The summed E-state index contributed by atoms with van der Waals surface area (Å²) in [7, 11) is 0. The second-order valence-electron chi connectivity index (χ2n) is 7.73. The van der Waals surface area contributed by atoms with Gasteiger partial charge in [-0.3, -0.25) is 9.59 Å². The van der Waals surface area contributed by atoms with Crippen LogP contribution in [-0.4, -0.2) is 54.2 Å². The van der Waals surface area contributed by atoms with E-state index in [2.05, 4.69) is 0 Å². The molecule has 0 saturated heterocycles. The van der Waals surface area contributed by atoms with Gasteiger partial charge in [-0.25, -0.2) is 4.79 Å². The third-order valence-electron chi connectivity index (χ3n) is 5.30. The number of benzene rings is 1. The summed E-state index contributed by atoms with van der Waals surface area (Å²) in [5.41, 5.74) is 2.43. The van der Waals surface area contributed by atoms with E-state index in [-0.39, 0.29) is 24.9 Å². The number of hydrogen-bond acceptors (Lipinski definition) is 6. The predicted molar refractivity (Wildman–Crippen MR) is 130 cm³/mol. The first-order chi connectivity index (χ1) is 16.2. The van der Waals surface area contributed by atoms with E-state index < -0.39 is 5.97 Å². The van der Waals surface area contributed by atoms with Crippen molar-refractivity contribution in [1.29, 1.82) is 0 Å². The fourth-order valence-electron chi connectivity index (χ4n) is 3.53. The van der Waals surface area contributed by atoms with Crippen molar-refractivity contribution in [1.82, 2.24) is 4.90 Å². The number of rotatable bonds is 12. The Morgan fingerprint density at radius 1 is 1.06 bits per heavy atom. The number of nitrogens with zero attached hydrogens (tertiary/aromatic N) is 1. The third-order valence-corrected chi connectivity index (χ3v) is 5.30. The van der Waals surface area contributed by atoms with Crippen LogP contribution < -0.4 is 4.74 Å². The minimum atomic E-state index is -1.07. The molecular formula is C26H33NO7. The van der Waals surface area contributed by atoms with Crippen molar-refractivity contribution in [3.63, 3.8) is 0 Å². The van der Waals surface area contributed by atoms with Crippen LogP contribution in [0.5, 0.6) is 5.75 Å². The van der Waals surface area contributed by atoms with E-state index in [0.29, 0.717) is 54.2 Å². The quantitative estimate of drug-likeness (QED) is 0.266. The number of carboxylic acids is 1. The van der Waals surface area contributed by atoms with Crippen molar-refractivity contribution in [3.05, 3.63) is 41.7 Å². The van der Waals surface area contributed by atoms with Gasteiger partial charge in [0.15, 0.2) is 11.3 Å². The first kappa shape index (κ1) is 26.7. The van der Waals surface area contributed by atoms with Gasteiger partial charge < -0.3 is 23.9 Å². The van der Waals surface area contributed by atoms with Crippen molar-refractivity contribution in [3.8, 4) is 5.75 Å². The molecule has 0 saturated carbocycles. The number of carbonyl (C=O) groups excluding carboxylic acids is 2. The monoisotopic (exact) mass is 471 g/mol. The Morgan fingerprint density at radius 2 is 1.76 bits per heavy atom. The van der Waals surface area contributed by atoms with E-state index in [1.54, 1.807) is 37.0 Å². The van der Waals surface area contributed by atoms with E-state index in [4.69, 9.17) is 19.0 Å². The highest BCUT2D eigenvalue weighted by Gasteiger charge is 2.17. The van der Waals surface area contributed by atoms with E-state index in [0.717, 1.165) is 17.2 Å². The molecule has 1 N–H and O–H groups in total. The van der Waals surface area contributed by atoms with Crippen LogP contribution in [0.25, 0.3) is 22.1 Å². The lowest BCUT2D eigenvalue weighted by atomic mass is 10.0. The molecule has 0 fully saturated rings. The van der Waals surface area contributed by atoms with E-state index >= 15 is 0 Å². The van der Waals surface area contributed by atoms with Gasteiger partial charge in [0.25, 0.3) is 0 Å². The molecule has 184 valence electrons. The maximum Gasteiger partial charge on any atom is 0.328 e. The highest BCUT2D eigenvalue weighted by molar-refractivity contribution is 6.02. The standard InChI is InChI=1S/C26H33NO7/c1-6-27(7-2)23(28)14-17(4)19-11-12-21(33-13-9-10-25(31)32-8-3)26-20(19)16-22(34-26)18(5)15-24(29)30/h11-12,14-16H,6-10,13H2,1-5H3,(H,29,30)/b17-14+,18-15+. The lowest BCUT2D eigenvalue weighted by Gasteiger charge is -2.17. The number of hydrogen-bond donors (Lipinski definition) is 1. The average Bonchev–Trinajstić information content (AvgIpc) is 3.23. The molecule has 8 nitrogen and oxygen atoms in total. The van der Waals surface area contributed by atoms with E-state index in [9.17, 15) is 14.4 Å². The van der Waals surface area contributed by atoms with Gasteiger partial charge in [-0.1, -0.05) is 6.07 Å². The summed E-state index contributed by atoms with van der Waals surface area (Å²) < 4.78 is 16.8. The van der Waals surface area contributed by atoms with Gasteiger partial charge in [-0.05, 0) is 69.9 Å². The molecule has 1 heterocycles. The number of aliphatic carboxylic acids is 1. The summed E-state index contributed by atoms with van der Waals surface area (Å²) in [5, 5.41) is 9.82. The van der Waals surface area contributed by atoms with Crippen molar-refractivity contribution in [2.24, 2.45) is 0 Å². The van der Waals surface area contributed by atoms with E-state index in [1.807, 2.05) is 26.8 Å². The maximum absolute atomic E-state index is 12.6. The summed E-state index contributed by atoms with van der Waals surface area (Å²) in [6, 6.07) is 5.36. The van der Waals surface area contributed by atoms with E-state index in [1.165, 1.54) is 0 Å². The topological polar surface area (TPSA) is 106 Å². The highest BCUT2D eigenvalue weighted by Crippen LogP contribution is 2.36. The summed E-state index contributed by atoms with van der Waals surface area (Å²) >= 11 is 0. The van der Waals surface area contributed by atoms with Crippen molar-refractivity contribution < 1.29 is 33.4 Å². The fourth-order valence-corrected chi connectivity index (χ4v) is 3.53. The number of likely N-dealkylation sites (N-methyl/N-ethyl adjacent to an activating group) is 1. The molecule has 0 spiro atoms. The van der Waals surface area contributed by atoms with Gasteiger partial charge in [-0.2, -0.15) is 0 Å². The minimum absolute atomic E-state index is 0.0828. The molecule has 0 aliphatic rings. The zero-order valence-electron chi connectivity index (χ0n) is 20.5. The van der Waals surface area contributed by atoms with Crippen LogP contribution in [0.2, 0.25) is 0 Å². The van der Waals surface area contributed by atoms with Gasteiger partial charge >= 0.3 is 11.9 Å². The SMILES string of the molecule is CCOC(=O)CCCOc1ccc(/C(C)=C/C(=O)N(CC)CC)c2cc(/C(C)=C/C(=O)O)oc12. The first-order valence-corrected chi connectivity index (χ1v) is 11.5. The number of furan rings is 1. The van der Waals surface area contributed by atoms with Crippen LogP contribution in [0.15, 0.2) is 34.8 Å². The van der Waals surface area contributed by atoms with Crippen LogP contribution in [-0.2, 0) is 19.1 Å². The summed E-state index contributed by atoms with van der Waals surface area (Å²) in [4.78, 5) is 37.0. The molecule has 0 unspecified atom stereocenters. The van der Waals surface area contributed by atoms with Gasteiger partial charge in [0.2, 0.25) is 5.91 Å². The third kappa shape index (κ3) is 6.97. The first-order valence-electron chi connectivity index (χ1n) is 11.5. The molecule has 0 atom stereocenters. The van der Waals surface area contributed by atoms with Crippen LogP contribution in [0.4, 0.5) is 0 Å². The lowest BCUT2D eigenvalue weighted by molar-refractivity contribution is -0.143. The molecular weight excluding hydrogens is 438 g/mol. The predicted octanol–water partition coefficient (Wildman–Crippen LogP) is 4.91. The van der Waals surface area contributed by atoms with Crippen LogP contribution in [0, 0.1) is 0 Å². The second-order valence-corrected chi connectivity index (χ2v) is 7.73. The normalized spacial score (nSPS) is 12.0. The fraction of sp³-hybridized carbons (Fsp3) is 0.423. The lowest BCUT2D eigenvalue weighted by Crippen LogP contribution is -2.28. The maximum atomic E-state index is 12.6. The molecule has 2 rings (SSSR count). The van der Waals surface area contributed by atoms with Crippen molar-refractivity contribution in [2.75, 3.05) is 26.3 Å². The Kier molecular flexibility index (Phi) is 9.92.